The number of benzene rings is 1. The smallest absolute Gasteiger partial charge is 0.251 e. The summed E-state index contributed by atoms with van der Waals surface area (Å²) in [6.45, 7) is 5.95. The minimum atomic E-state index is -0.0510. The maximum Gasteiger partial charge on any atom is 0.251 e. The number of thiazole rings is 1. The van der Waals surface area contributed by atoms with Gasteiger partial charge in [-0.2, -0.15) is 0 Å². The molecule has 1 heterocycles. The molecule has 1 aromatic carbocycles. The molecule has 0 fully saturated rings. The Morgan fingerprint density at radius 3 is 2.75 bits per heavy atom. The van der Waals surface area contributed by atoms with E-state index in [2.05, 4.69) is 22.5 Å². The second kappa shape index (κ2) is 6.52. The standard InChI is InChI=1S/C15H19N3OS/c1-10(2)17-15(19)12-5-4-6-13(7-12)18-11(3)14-8-20-9-16-14/h4-11,18H,1-3H3,(H,17,19). The third-order valence-corrected chi connectivity index (χ3v) is 3.43. The number of carbonyl (C=O) groups is 1. The first-order valence-corrected chi connectivity index (χ1v) is 7.56. The molecule has 0 aliphatic heterocycles. The van der Waals surface area contributed by atoms with Crippen LogP contribution in [0.4, 0.5) is 5.69 Å². The molecule has 0 aliphatic carbocycles. The fourth-order valence-electron chi connectivity index (χ4n) is 1.86. The Hall–Kier alpha value is -1.88. The van der Waals surface area contributed by atoms with Gasteiger partial charge in [0.15, 0.2) is 0 Å². The zero-order valence-electron chi connectivity index (χ0n) is 11.9. The lowest BCUT2D eigenvalue weighted by atomic mass is 10.1. The Balaban J connectivity index is 2.08. The van der Waals surface area contributed by atoms with Crippen molar-refractivity contribution in [2.24, 2.45) is 0 Å². The molecular weight excluding hydrogens is 270 g/mol. The van der Waals surface area contributed by atoms with Gasteiger partial charge < -0.3 is 10.6 Å². The van der Waals surface area contributed by atoms with E-state index in [-0.39, 0.29) is 18.0 Å². The third-order valence-electron chi connectivity index (χ3n) is 2.82. The second-order valence-corrected chi connectivity index (χ2v) is 5.71. The average Bonchev–Trinajstić information content (AvgIpc) is 2.92. The number of anilines is 1. The molecule has 1 atom stereocenters. The van der Waals surface area contributed by atoms with E-state index in [1.807, 2.05) is 49.0 Å². The molecule has 106 valence electrons. The molecule has 0 aliphatic rings. The van der Waals surface area contributed by atoms with E-state index in [4.69, 9.17) is 0 Å². The van der Waals surface area contributed by atoms with Crippen LogP contribution in [0.3, 0.4) is 0 Å². The lowest BCUT2D eigenvalue weighted by Crippen LogP contribution is -2.30. The van der Waals surface area contributed by atoms with Gasteiger partial charge >= 0.3 is 0 Å². The topological polar surface area (TPSA) is 54.0 Å². The first-order valence-electron chi connectivity index (χ1n) is 6.62. The van der Waals surface area contributed by atoms with Gasteiger partial charge in [-0.3, -0.25) is 4.79 Å². The van der Waals surface area contributed by atoms with E-state index in [1.54, 1.807) is 11.3 Å². The van der Waals surface area contributed by atoms with Crippen LogP contribution >= 0.6 is 11.3 Å². The van der Waals surface area contributed by atoms with Crippen LogP contribution in [0, 0.1) is 0 Å². The predicted molar refractivity (Wildman–Crippen MR) is 83.2 cm³/mol. The Morgan fingerprint density at radius 1 is 1.30 bits per heavy atom. The van der Waals surface area contributed by atoms with Gasteiger partial charge in [0.05, 0.1) is 17.2 Å². The molecule has 1 amide bonds. The van der Waals surface area contributed by atoms with Gasteiger partial charge in [0.25, 0.3) is 5.91 Å². The summed E-state index contributed by atoms with van der Waals surface area (Å²) in [5.41, 5.74) is 4.41. The van der Waals surface area contributed by atoms with E-state index in [0.717, 1.165) is 11.4 Å². The number of nitrogens with one attached hydrogen (secondary N) is 2. The molecule has 0 spiro atoms. The highest BCUT2D eigenvalue weighted by molar-refractivity contribution is 7.07. The molecule has 5 heteroatoms. The van der Waals surface area contributed by atoms with Crippen LogP contribution in [0.15, 0.2) is 35.2 Å². The molecule has 2 aromatic rings. The van der Waals surface area contributed by atoms with E-state index < -0.39 is 0 Å². The predicted octanol–water partition coefficient (Wildman–Crippen LogP) is 3.45. The van der Waals surface area contributed by atoms with E-state index in [9.17, 15) is 4.79 Å². The molecule has 0 radical (unpaired) electrons. The minimum Gasteiger partial charge on any atom is -0.377 e. The number of nitrogens with zero attached hydrogens (tertiary/aromatic N) is 1. The zero-order valence-corrected chi connectivity index (χ0v) is 12.7. The molecule has 0 saturated carbocycles. The number of rotatable bonds is 5. The SMILES string of the molecule is CC(C)NC(=O)c1cccc(NC(C)c2cscn2)c1. The summed E-state index contributed by atoms with van der Waals surface area (Å²) >= 11 is 1.58. The molecule has 2 N–H and O–H groups in total. The van der Waals surface area contributed by atoms with Crippen molar-refractivity contribution in [2.45, 2.75) is 32.9 Å². The molecule has 2 rings (SSSR count). The summed E-state index contributed by atoms with van der Waals surface area (Å²) in [5, 5.41) is 8.27. The van der Waals surface area contributed by atoms with E-state index in [0.29, 0.717) is 5.56 Å². The van der Waals surface area contributed by atoms with Crippen molar-refractivity contribution >= 4 is 22.9 Å². The first-order chi connectivity index (χ1) is 9.56. The third kappa shape index (κ3) is 3.81. The summed E-state index contributed by atoms with van der Waals surface area (Å²) < 4.78 is 0. The van der Waals surface area contributed by atoms with Gasteiger partial charge in [0.2, 0.25) is 0 Å². The summed E-state index contributed by atoms with van der Waals surface area (Å²) in [6.07, 6.45) is 0. The van der Waals surface area contributed by atoms with E-state index in [1.165, 1.54) is 0 Å². The molecule has 20 heavy (non-hydrogen) atoms. The fourth-order valence-corrected chi connectivity index (χ4v) is 2.50. The van der Waals surface area contributed by atoms with Crippen molar-refractivity contribution in [3.63, 3.8) is 0 Å². The lowest BCUT2D eigenvalue weighted by Gasteiger charge is -2.14. The van der Waals surface area contributed by atoms with Crippen molar-refractivity contribution in [3.8, 4) is 0 Å². The van der Waals surface area contributed by atoms with Crippen molar-refractivity contribution in [1.82, 2.24) is 10.3 Å². The van der Waals surface area contributed by atoms with Crippen molar-refractivity contribution < 1.29 is 4.79 Å². The summed E-state index contributed by atoms with van der Waals surface area (Å²) in [6, 6.07) is 7.76. The van der Waals surface area contributed by atoms with Crippen molar-refractivity contribution in [2.75, 3.05) is 5.32 Å². The second-order valence-electron chi connectivity index (χ2n) is 4.99. The molecule has 0 saturated heterocycles. The largest absolute Gasteiger partial charge is 0.377 e. The molecule has 0 bridgehead atoms. The van der Waals surface area contributed by atoms with Crippen LogP contribution in [-0.4, -0.2) is 16.9 Å². The number of carbonyl (C=O) groups excluding carboxylic acids is 1. The fraction of sp³-hybridized carbons (Fsp3) is 0.333. The average molecular weight is 289 g/mol. The highest BCUT2D eigenvalue weighted by Crippen LogP contribution is 2.19. The van der Waals surface area contributed by atoms with E-state index >= 15 is 0 Å². The lowest BCUT2D eigenvalue weighted by molar-refractivity contribution is 0.0943. The van der Waals surface area contributed by atoms with Crippen molar-refractivity contribution in [1.29, 1.82) is 0 Å². The minimum absolute atomic E-state index is 0.0510. The summed E-state index contributed by atoms with van der Waals surface area (Å²) in [4.78, 5) is 16.3. The Morgan fingerprint density at radius 2 is 2.10 bits per heavy atom. The van der Waals surface area contributed by atoms with Crippen LogP contribution in [0.25, 0.3) is 0 Å². The first kappa shape index (κ1) is 14.5. The molecule has 4 nitrogen and oxygen atoms in total. The van der Waals surface area contributed by atoms with Gasteiger partial charge in [0, 0.05) is 22.7 Å². The number of amides is 1. The highest BCUT2D eigenvalue weighted by atomic mass is 32.1. The molecule has 1 aromatic heterocycles. The number of hydrogen-bond donors (Lipinski definition) is 2. The normalized spacial score (nSPS) is 12.2. The number of aromatic nitrogens is 1. The van der Waals surface area contributed by atoms with Gasteiger partial charge in [-0.25, -0.2) is 4.98 Å². The number of hydrogen-bond acceptors (Lipinski definition) is 4. The Labute approximate surface area is 123 Å². The monoisotopic (exact) mass is 289 g/mol. The highest BCUT2D eigenvalue weighted by Gasteiger charge is 2.10. The van der Waals surface area contributed by atoms with Crippen LogP contribution in [-0.2, 0) is 0 Å². The van der Waals surface area contributed by atoms with Gasteiger partial charge in [0.1, 0.15) is 0 Å². The van der Waals surface area contributed by atoms with Crippen LogP contribution in [0.2, 0.25) is 0 Å². The summed E-state index contributed by atoms with van der Waals surface area (Å²) in [5.74, 6) is -0.0510. The Kier molecular flexibility index (Phi) is 4.74. The van der Waals surface area contributed by atoms with Crippen LogP contribution < -0.4 is 10.6 Å². The quantitative estimate of drug-likeness (QED) is 0.886. The van der Waals surface area contributed by atoms with Gasteiger partial charge in [-0.1, -0.05) is 6.07 Å². The van der Waals surface area contributed by atoms with Crippen LogP contribution in [0.1, 0.15) is 42.9 Å². The maximum atomic E-state index is 12.0. The molecule has 1 unspecified atom stereocenters. The van der Waals surface area contributed by atoms with Gasteiger partial charge in [-0.05, 0) is 39.0 Å². The van der Waals surface area contributed by atoms with Crippen LogP contribution in [0.5, 0.6) is 0 Å². The van der Waals surface area contributed by atoms with Crippen molar-refractivity contribution in [3.05, 3.63) is 46.4 Å². The maximum absolute atomic E-state index is 12.0. The Bertz CT molecular complexity index is 566. The summed E-state index contributed by atoms with van der Waals surface area (Å²) in [7, 11) is 0. The zero-order chi connectivity index (χ0) is 14.5. The molecular formula is C15H19N3OS. The van der Waals surface area contributed by atoms with Gasteiger partial charge in [-0.15, -0.1) is 11.3 Å².